The summed E-state index contributed by atoms with van der Waals surface area (Å²) in [5, 5.41) is 3.49. The lowest BCUT2D eigenvalue weighted by Crippen LogP contribution is -2.17. The molecule has 1 rings (SSSR count). The van der Waals surface area contributed by atoms with E-state index in [1.165, 1.54) is 5.56 Å². The van der Waals surface area contributed by atoms with E-state index in [2.05, 4.69) is 10.0 Å². The summed E-state index contributed by atoms with van der Waals surface area (Å²) in [6, 6.07) is 9.99. The number of azide groups is 1. The SMILES string of the molecule is COC(CN=[N+]=[N-])Cc1ccccc1. The van der Waals surface area contributed by atoms with Gasteiger partial charge in [0.1, 0.15) is 0 Å². The monoisotopic (exact) mass is 191 g/mol. The van der Waals surface area contributed by atoms with Crippen LogP contribution in [0.3, 0.4) is 0 Å². The van der Waals surface area contributed by atoms with E-state index in [9.17, 15) is 0 Å². The van der Waals surface area contributed by atoms with Gasteiger partial charge in [-0.15, -0.1) is 0 Å². The van der Waals surface area contributed by atoms with Crippen LogP contribution in [0.5, 0.6) is 0 Å². The van der Waals surface area contributed by atoms with Crippen molar-refractivity contribution in [3.63, 3.8) is 0 Å². The molecule has 0 aliphatic rings. The molecule has 0 amide bonds. The van der Waals surface area contributed by atoms with E-state index < -0.39 is 0 Å². The summed E-state index contributed by atoms with van der Waals surface area (Å²) in [5.41, 5.74) is 9.37. The molecule has 0 saturated carbocycles. The van der Waals surface area contributed by atoms with Gasteiger partial charge < -0.3 is 4.74 Å². The summed E-state index contributed by atoms with van der Waals surface area (Å²) >= 11 is 0. The number of hydrogen-bond acceptors (Lipinski definition) is 2. The molecule has 0 aromatic heterocycles. The molecule has 1 atom stereocenters. The van der Waals surface area contributed by atoms with Crippen molar-refractivity contribution in [3.05, 3.63) is 46.3 Å². The molecular weight excluding hydrogens is 178 g/mol. The normalized spacial score (nSPS) is 11.8. The quantitative estimate of drug-likeness (QED) is 0.401. The standard InChI is InChI=1S/C10H13N3O/c1-14-10(8-12-13-11)7-9-5-3-2-4-6-9/h2-6,10H,7-8H2,1H3. The Morgan fingerprint density at radius 1 is 1.43 bits per heavy atom. The maximum absolute atomic E-state index is 8.18. The Kier molecular flexibility index (Phi) is 4.55. The largest absolute Gasteiger partial charge is 0.381 e. The van der Waals surface area contributed by atoms with Crippen LogP contribution in [0.1, 0.15) is 5.56 Å². The first-order valence-electron chi connectivity index (χ1n) is 4.44. The molecule has 0 radical (unpaired) electrons. The van der Waals surface area contributed by atoms with Gasteiger partial charge in [0.15, 0.2) is 0 Å². The zero-order chi connectivity index (χ0) is 10.2. The summed E-state index contributed by atoms with van der Waals surface area (Å²) in [4.78, 5) is 2.71. The fourth-order valence-corrected chi connectivity index (χ4v) is 1.23. The van der Waals surface area contributed by atoms with Crippen molar-refractivity contribution in [2.24, 2.45) is 5.11 Å². The van der Waals surface area contributed by atoms with Gasteiger partial charge in [0.25, 0.3) is 0 Å². The minimum Gasteiger partial charge on any atom is -0.381 e. The molecule has 0 fully saturated rings. The number of nitrogens with zero attached hydrogens (tertiary/aromatic N) is 3. The van der Waals surface area contributed by atoms with Gasteiger partial charge in [-0.3, -0.25) is 0 Å². The van der Waals surface area contributed by atoms with Gasteiger partial charge >= 0.3 is 0 Å². The summed E-state index contributed by atoms with van der Waals surface area (Å²) in [6.45, 7) is 0.377. The third kappa shape index (κ3) is 3.47. The zero-order valence-corrected chi connectivity index (χ0v) is 8.13. The van der Waals surface area contributed by atoms with Crippen molar-refractivity contribution in [1.82, 2.24) is 0 Å². The first kappa shape index (κ1) is 10.6. The summed E-state index contributed by atoms with van der Waals surface area (Å²) < 4.78 is 5.19. The molecule has 0 spiro atoms. The van der Waals surface area contributed by atoms with E-state index in [4.69, 9.17) is 10.3 Å². The van der Waals surface area contributed by atoms with Gasteiger partial charge in [0, 0.05) is 12.0 Å². The zero-order valence-electron chi connectivity index (χ0n) is 8.13. The van der Waals surface area contributed by atoms with E-state index >= 15 is 0 Å². The highest BCUT2D eigenvalue weighted by Gasteiger charge is 2.06. The first-order chi connectivity index (χ1) is 6.86. The van der Waals surface area contributed by atoms with Gasteiger partial charge in [-0.2, -0.15) is 0 Å². The fraction of sp³-hybridized carbons (Fsp3) is 0.400. The van der Waals surface area contributed by atoms with Crippen molar-refractivity contribution in [2.75, 3.05) is 13.7 Å². The van der Waals surface area contributed by atoms with E-state index in [1.807, 2.05) is 30.3 Å². The number of hydrogen-bond donors (Lipinski definition) is 0. The fourth-order valence-electron chi connectivity index (χ4n) is 1.23. The van der Waals surface area contributed by atoms with E-state index in [-0.39, 0.29) is 6.10 Å². The van der Waals surface area contributed by atoms with Crippen LogP contribution < -0.4 is 0 Å². The van der Waals surface area contributed by atoms with Crippen molar-refractivity contribution in [2.45, 2.75) is 12.5 Å². The van der Waals surface area contributed by atoms with Crippen molar-refractivity contribution >= 4 is 0 Å². The van der Waals surface area contributed by atoms with Crippen LogP contribution in [0.15, 0.2) is 35.4 Å². The Morgan fingerprint density at radius 2 is 2.14 bits per heavy atom. The highest BCUT2D eigenvalue weighted by Crippen LogP contribution is 2.05. The van der Waals surface area contributed by atoms with E-state index in [0.29, 0.717) is 6.54 Å². The highest BCUT2D eigenvalue weighted by molar-refractivity contribution is 5.15. The van der Waals surface area contributed by atoms with E-state index in [1.54, 1.807) is 7.11 Å². The molecule has 1 aromatic carbocycles. The van der Waals surface area contributed by atoms with Gasteiger partial charge in [0.05, 0.1) is 12.6 Å². The van der Waals surface area contributed by atoms with E-state index in [0.717, 1.165) is 6.42 Å². The van der Waals surface area contributed by atoms with Crippen molar-refractivity contribution in [3.8, 4) is 0 Å². The Morgan fingerprint density at radius 3 is 2.71 bits per heavy atom. The Bertz CT molecular complexity index is 306. The van der Waals surface area contributed by atoms with Crippen LogP contribution in [-0.4, -0.2) is 19.8 Å². The van der Waals surface area contributed by atoms with Gasteiger partial charge in [-0.05, 0) is 17.5 Å². The molecule has 14 heavy (non-hydrogen) atoms. The lowest BCUT2D eigenvalue weighted by Gasteiger charge is -2.11. The van der Waals surface area contributed by atoms with Crippen molar-refractivity contribution in [1.29, 1.82) is 0 Å². The molecule has 0 aliphatic heterocycles. The van der Waals surface area contributed by atoms with Crippen LogP contribution in [0.2, 0.25) is 0 Å². The third-order valence-electron chi connectivity index (χ3n) is 1.99. The molecule has 0 bridgehead atoms. The number of methoxy groups -OCH3 is 1. The smallest absolute Gasteiger partial charge is 0.0667 e. The van der Waals surface area contributed by atoms with Crippen molar-refractivity contribution < 1.29 is 4.74 Å². The molecule has 0 heterocycles. The molecular formula is C10H13N3O. The molecule has 0 saturated heterocycles. The van der Waals surface area contributed by atoms with Crippen LogP contribution in [0, 0.1) is 0 Å². The van der Waals surface area contributed by atoms with Crippen LogP contribution >= 0.6 is 0 Å². The molecule has 4 nitrogen and oxygen atoms in total. The van der Waals surface area contributed by atoms with Crippen LogP contribution in [-0.2, 0) is 11.2 Å². The Balaban J connectivity index is 2.52. The molecule has 4 heteroatoms. The summed E-state index contributed by atoms with van der Waals surface area (Å²) in [7, 11) is 1.63. The molecule has 0 aliphatic carbocycles. The Hall–Kier alpha value is -1.51. The maximum atomic E-state index is 8.18. The van der Waals surface area contributed by atoms with Gasteiger partial charge in [0.2, 0.25) is 0 Å². The second-order valence-electron chi connectivity index (χ2n) is 2.96. The molecule has 74 valence electrons. The van der Waals surface area contributed by atoms with Gasteiger partial charge in [-0.1, -0.05) is 35.4 Å². The molecule has 1 unspecified atom stereocenters. The summed E-state index contributed by atoms with van der Waals surface area (Å²) in [5.74, 6) is 0. The highest BCUT2D eigenvalue weighted by atomic mass is 16.5. The third-order valence-corrected chi connectivity index (χ3v) is 1.99. The average Bonchev–Trinajstić information content (AvgIpc) is 2.25. The lowest BCUT2D eigenvalue weighted by atomic mass is 10.1. The average molecular weight is 191 g/mol. The second-order valence-corrected chi connectivity index (χ2v) is 2.96. The molecule has 1 aromatic rings. The number of benzene rings is 1. The lowest BCUT2D eigenvalue weighted by molar-refractivity contribution is 0.110. The van der Waals surface area contributed by atoms with Gasteiger partial charge in [-0.25, -0.2) is 0 Å². The van der Waals surface area contributed by atoms with Crippen LogP contribution in [0.25, 0.3) is 10.4 Å². The summed E-state index contributed by atoms with van der Waals surface area (Å²) in [6.07, 6.45) is 0.740. The maximum Gasteiger partial charge on any atom is 0.0667 e. The predicted octanol–water partition coefficient (Wildman–Crippen LogP) is 2.55. The minimum atomic E-state index is -0.0340. The second kappa shape index (κ2) is 6.02. The number of ether oxygens (including phenoxy) is 1. The first-order valence-corrected chi connectivity index (χ1v) is 4.44. The molecule has 0 N–H and O–H groups in total. The topological polar surface area (TPSA) is 58.0 Å². The number of rotatable bonds is 5. The minimum absolute atomic E-state index is 0.0340. The van der Waals surface area contributed by atoms with Crippen LogP contribution in [0.4, 0.5) is 0 Å². The predicted molar refractivity (Wildman–Crippen MR) is 55.0 cm³/mol. The Labute approximate surface area is 83.1 Å².